The molecule has 1 aromatic rings. The Morgan fingerprint density at radius 3 is 2.92 bits per heavy atom. The van der Waals surface area contributed by atoms with E-state index in [-0.39, 0.29) is 11.9 Å². The Morgan fingerprint density at radius 1 is 1.67 bits per heavy atom. The van der Waals surface area contributed by atoms with Crippen LogP contribution < -0.4 is 4.74 Å². The van der Waals surface area contributed by atoms with Gasteiger partial charge in [-0.15, -0.1) is 11.3 Å². The monoisotopic (exact) mass is 246 g/mol. The predicted molar refractivity (Wildman–Crippen MR) is 50.4 cm³/mol. The van der Waals surface area contributed by atoms with Crippen molar-refractivity contribution in [2.75, 3.05) is 0 Å². The minimum atomic E-state index is -0.0793. The van der Waals surface area contributed by atoms with Crippen LogP contribution in [0.3, 0.4) is 0 Å². The van der Waals surface area contributed by atoms with Gasteiger partial charge in [0.05, 0.1) is 5.92 Å². The molecule has 0 radical (unpaired) electrons. The lowest BCUT2D eigenvalue weighted by atomic mass is 10.4. The van der Waals surface area contributed by atoms with Crippen LogP contribution in [0.5, 0.6) is 5.06 Å². The minimum Gasteiger partial charge on any atom is -0.415 e. The molecule has 64 valence electrons. The molecular formula is C8H7BrO2S. The number of carbonyl (C=O) groups excluding carboxylic acids is 1. The molecule has 4 heteroatoms. The van der Waals surface area contributed by atoms with Crippen LogP contribution in [0.15, 0.2) is 15.9 Å². The number of hydrogen-bond donors (Lipinski definition) is 0. The van der Waals surface area contributed by atoms with Gasteiger partial charge in [-0.25, -0.2) is 0 Å². The second-order valence-corrected chi connectivity index (χ2v) is 4.57. The van der Waals surface area contributed by atoms with Crippen LogP contribution in [0, 0.1) is 5.92 Å². The highest BCUT2D eigenvalue weighted by Crippen LogP contribution is 2.33. The van der Waals surface area contributed by atoms with Crippen molar-refractivity contribution in [3.63, 3.8) is 0 Å². The second-order valence-electron chi connectivity index (χ2n) is 2.78. The number of thiophene rings is 1. The molecule has 0 aliphatic heterocycles. The molecule has 1 aliphatic carbocycles. The largest absolute Gasteiger partial charge is 0.415 e. The third kappa shape index (κ3) is 1.87. The van der Waals surface area contributed by atoms with Crippen LogP contribution in [0.2, 0.25) is 0 Å². The van der Waals surface area contributed by atoms with E-state index in [9.17, 15) is 4.79 Å². The van der Waals surface area contributed by atoms with Gasteiger partial charge in [0.25, 0.3) is 0 Å². The lowest BCUT2D eigenvalue weighted by Gasteiger charge is -1.96. The summed E-state index contributed by atoms with van der Waals surface area (Å²) in [4.78, 5) is 11.2. The summed E-state index contributed by atoms with van der Waals surface area (Å²) >= 11 is 4.73. The zero-order chi connectivity index (χ0) is 8.55. The number of rotatable bonds is 2. The van der Waals surface area contributed by atoms with Crippen molar-refractivity contribution in [3.8, 4) is 5.06 Å². The maximum absolute atomic E-state index is 11.2. The molecule has 1 aliphatic rings. The smallest absolute Gasteiger partial charge is 0.315 e. The highest BCUT2D eigenvalue weighted by Gasteiger charge is 2.31. The van der Waals surface area contributed by atoms with Crippen LogP contribution >= 0.6 is 27.3 Å². The van der Waals surface area contributed by atoms with E-state index in [1.54, 1.807) is 0 Å². The fraction of sp³-hybridized carbons (Fsp3) is 0.375. The molecule has 2 rings (SSSR count). The van der Waals surface area contributed by atoms with Crippen LogP contribution in [0.25, 0.3) is 0 Å². The Balaban J connectivity index is 1.98. The SMILES string of the molecule is O=C(Oc1cc(Br)cs1)C1CC1. The summed E-state index contributed by atoms with van der Waals surface area (Å²) in [5.41, 5.74) is 0. The third-order valence-corrected chi connectivity index (χ3v) is 3.22. The molecule has 0 atom stereocenters. The number of esters is 1. The molecule has 0 saturated heterocycles. The van der Waals surface area contributed by atoms with Crippen molar-refractivity contribution >= 4 is 33.2 Å². The first-order valence-electron chi connectivity index (χ1n) is 3.71. The van der Waals surface area contributed by atoms with Gasteiger partial charge in [0.1, 0.15) is 0 Å². The summed E-state index contributed by atoms with van der Waals surface area (Å²) in [6.07, 6.45) is 1.98. The fourth-order valence-corrected chi connectivity index (χ4v) is 2.11. The lowest BCUT2D eigenvalue weighted by Crippen LogP contribution is -2.08. The van der Waals surface area contributed by atoms with Crippen molar-refractivity contribution in [3.05, 3.63) is 15.9 Å². The van der Waals surface area contributed by atoms with Gasteiger partial charge in [-0.3, -0.25) is 4.79 Å². The Labute approximate surface area is 82.7 Å². The summed E-state index contributed by atoms with van der Waals surface area (Å²) in [6, 6.07) is 1.81. The zero-order valence-corrected chi connectivity index (χ0v) is 8.65. The van der Waals surface area contributed by atoms with Crippen molar-refractivity contribution in [1.82, 2.24) is 0 Å². The number of carbonyl (C=O) groups is 1. The maximum atomic E-state index is 11.2. The molecule has 0 N–H and O–H groups in total. The van der Waals surface area contributed by atoms with E-state index in [0.717, 1.165) is 17.3 Å². The van der Waals surface area contributed by atoms with Crippen molar-refractivity contribution in [2.24, 2.45) is 5.92 Å². The van der Waals surface area contributed by atoms with E-state index in [1.165, 1.54) is 11.3 Å². The van der Waals surface area contributed by atoms with E-state index < -0.39 is 0 Å². The fourth-order valence-electron chi connectivity index (χ4n) is 0.850. The molecule has 0 bridgehead atoms. The third-order valence-electron chi connectivity index (χ3n) is 1.66. The second kappa shape index (κ2) is 3.18. The average molecular weight is 247 g/mol. The van der Waals surface area contributed by atoms with Gasteiger partial charge in [-0.1, -0.05) is 0 Å². The topological polar surface area (TPSA) is 26.3 Å². The van der Waals surface area contributed by atoms with Gasteiger partial charge >= 0.3 is 5.97 Å². The van der Waals surface area contributed by atoms with E-state index in [1.807, 2.05) is 11.4 Å². The Bertz CT molecular complexity index is 304. The van der Waals surface area contributed by atoms with Gasteiger partial charge in [-0.05, 0) is 28.8 Å². The van der Waals surface area contributed by atoms with E-state index in [0.29, 0.717) is 5.06 Å². The molecule has 0 amide bonds. The number of hydrogen-bond acceptors (Lipinski definition) is 3. The van der Waals surface area contributed by atoms with Crippen LogP contribution in [0.1, 0.15) is 12.8 Å². The average Bonchev–Trinajstić information content (AvgIpc) is 2.78. The van der Waals surface area contributed by atoms with Gasteiger partial charge in [0.2, 0.25) is 0 Å². The summed E-state index contributed by atoms with van der Waals surface area (Å²) in [7, 11) is 0. The zero-order valence-electron chi connectivity index (χ0n) is 6.25. The molecule has 0 unspecified atom stereocenters. The molecule has 2 nitrogen and oxygen atoms in total. The summed E-state index contributed by atoms with van der Waals surface area (Å²) in [5, 5.41) is 2.58. The van der Waals surface area contributed by atoms with E-state index >= 15 is 0 Å². The lowest BCUT2D eigenvalue weighted by molar-refractivity contribution is -0.135. The van der Waals surface area contributed by atoms with Gasteiger partial charge in [0, 0.05) is 15.9 Å². The minimum absolute atomic E-state index is 0.0793. The number of ether oxygens (including phenoxy) is 1. The van der Waals surface area contributed by atoms with Crippen molar-refractivity contribution < 1.29 is 9.53 Å². The molecule has 0 aromatic carbocycles. The van der Waals surface area contributed by atoms with Gasteiger partial charge in [-0.2, -0.15) is 0 Å². The summed E-state index contributed by atoms with van der Waals surface area (Å²) in [5.74, 6) is 0.0928. The van der Waals surface area contributed by atoms with Gasteiger partial charge in [0.15, 0.2) is 5.06 Å². The molecule has 0 spiro atoms. The standard InChI is InChI=1S/C8H7BrO2S/c9-6-3-7(12-4-6)11-8(10)5-1-2-5/h3-5H,1-2H2. The first-order chi connectivity index (χ1) is 5.75. The molecule has 1 heterocycles. The first kappa shape index (κ1) is 8.26. The van der Waals surface area contributed by atoms with E-state index in [4.69, 9.17) is 4.74 Å². The Morgan fingerprint density at radius 2 is 2.42 bits per heavy atom. The first-order valence-corrected chi connectivity index (χ1v) is 5.39. The summed E-state index contributed by atoms with van der Waals surface area (Å²) in [6.45, 7) is 0. The van der Waals surface area contributed by atoms with Crippen LogP contribution in [-0.4, -0.2) is 5.97 Å². The highest BCUT2D eigenvalue weighted by atomic mass is 79.9. The number of halogens is 1. The summed E-state index contributed by atoms with van der Waals surface area (Å²) < 4.78 is 6.07. The van der Waals surface area contributed by atoms with E-state index in [2.05, 4.69) is 15.9 Å². The molecule has 1 fully saturated rings. The highest BCUT2D eigenvalue weighted by molar-refractivity contribution is 9.10. The normalized spacial score (nSPS) is 16.1. The Kier molecular flexibility index (Phi) is 2.19. The van der Waals surface area contributed by atoms with Crippen LogP contribution in [0.4, 0.5) is 0 Å². The predicted octanol–water partition coefficient (Wildman–Crippen LogP) is 2.83. The van der Waals surface area contributed by atoms with Gasteiger partial charge < -0.3 is 4.74 Å². The molecule has 1 saturated carbocycles. The van der Waals surface area contributed by atoms with Crippen molar-refractivity contribution in [1.29, 1.82) is 0 Å². The maximum Gasteiger partial charge on any atom is 0.315 e. The molecule has 1 aromatic heterocycles. The quantitative estimate of drug-likeness (QED) is 0.751. The van der Waals surface area contributed by atoms with Crippen molar-refractivity contribution in [2.45, 2.75) is 12.8 Å². The van der Waals surface area contributed by atoms with Crippen LogP contribution in [-0.2, 0) is 4.79 Å². The molecular weight excluding hydrogens is 240 g/mol. The molecule has 12 heavy (non-hydrogen) atoms. The Hall–Kier alpha value is -0.350.